The fourth-order valence-corrected chi connectivity index (χ4v) is 3.00. The summed E-state index contributed by atoms with van der Waals surface area (Å²) in [5, 5.41) is 1.01. The van der Waals surface area contributed by atoms with Crippen LogP contribution in [0, 0.1) is 0 Å². The lowest BCUT2D eigenvalue weighted by molar-refractivity contribution is -0.136. The van der Waals surface area contributed by atoms with Gasteiger partial charge in [0.15, 0.2) is 6.61 Å². The van der Waals surface area contributed by atoms with Crippen molar-refractivity contribution in [2.75, 3.05) is 19.7 Å². The second-order valence-electron chi connectivity index (χ2n) is 4.96. The van der Waals surface area contributed by atoms with Crippen molar-refractivity contribution in [1.82, 2.24) is 4.90 Å². The number of piperidine rings is 1. The third-order valence-electron chi connectivity index (χ3n) is 3.55. The van der Waals surface area contributed by atoms with E-state index in [1.165, 1.54) is 12.1 Å². The topological polar surface area (TPSA) is 55.6 Å². The maximum Gasteiger partial charge on any atom is 0.260 e. The maximum absolute atomic E-state index is 12.2. The van der Waals surface area contributed by atoms with E-state index in [0.717, 1.165) is 25.8 Å². The number of benzene rings is 1. The summed E-state index contributed by atoms with van der Waals surface area (Å²) in [5.74, 6) is 0.257. The Labute approximate surface area is 139 Å². The van der Waals surface area contributed by atoms with E-state index < -0.39 is 0 Å². The first-order valence-corrected chi connectivity index (χ1v) is 7.93. The van der Waals surface area contributed by atoms with Crippen molar-refractivity contribution in [1.29, 1.82) is 0 Å². The van der Waals surface area contributed by atoms with Crippen molar-refractivity contribution < 1.29 is 9.53 Å². The highest BCUT2D eigenvalue weighted by Crippen LogP contribution is 2.33. The van der Waals surface area contributed by atoms with Gasteiger partial charge in [-0.1, -0.05) is 34.8 Å². The summed E-state index contributed by atoms with van der Waals surface area (Å²) >= 11 is 17.8. The zero-order chi connectivity index (χ0) is 15.4. The standard InChI is InChI=1S/C14H17Cl3N2O2/c15-10-5-12(17)13(6-11(10)16)21-8-14(20)19-4-2-1-3-9(19)7-18/h5-6,9H,1-4,7-8,18H2. The molecule has 1 heterocycles. The molecule has 2 N–H and O–H groups in total. The highest BCUT2D eigenvalue weighted by molar-refractivity contribution is 6.43. The summed E-state index contributed by atoms with van der Waals surface area (Å²) in [5.41, 5.74) is 5.71. The van der Waals surface area contributed by atoms with Crippen LogP contribution < -0.4 is 10.5 Å². The van der Waals surface area contributed by atoms with Gasteiger partial charge in [-0.05, 0) is 25.3 Å². The van der Waals surface area contributed by atoms with Gasteiger partial charge in [-0.15, -0.1) is 0 Å². The first-order chi connectivity index (χ1) is 10.0. The number of nitrogens with two attached hydrogens (primary N) is 1. The molecule has 0 spiro atoms. The van der Waals surface area contributed by atoms with E-state index in [2.05, 4.69) is 0 Å². The minimum atomic E-state index is -0.0905. The van der Waals surface area contributed by atoms with Crippen LogP contribution in [0.5, 0.6) is 5.75 Å². The maximum atomic E-state index is 12.2. The molecule has 21 heavy (non-hydrogen) atoms. The molecule has 0 aromatic heterocycles. The Morgan fingerprint density at radius 2 is 1.95 bits per heavy atom. The Kier molecular flexibility index (Phi) is 5.99. The molecule has 1 aromatic carbocycles. The first kappa shape index (κ1) is 16.7. The van der Waals surface area contributed by atoms with Gasteiger partial charge < -0.3 is 15.4 Å². The Morgan fingerprint density at radius 1 is 1.24 bits per heavy atom. The highest BCUT2D eigenvalue weighted by atomic mass is 35.5. The molecular weight excluding hydrogens is 335 g/mol. The van der Waals surface area contributed by atoms with E-state index in [4.69, 9.17) is 45.3 Å². The molecule has 1 aromatic rings. The number of hydrogen-bond donors (Lipinski definition) is 1. The number of nitrogens with zero attached hydrogens (tertiary/aromatic N) is 1. The van der Waals surface area contributed by atoms with E-state index >= 15 is 0 Å². The van der Waals surface area contributed by atoms with Gasteiger partial charge in [0.1, 0.15) is 5.75 Å². The van der Waals surface area contributed by atoms with E-state index in [1.807, 2.05) is 0 Å². The summed E-state index contributed by atoms with van der Waals surface area (Å²) in [7, 11) is 0. The van der Waals surface area contributed by atoms with Crippen molar-refractivity contribution in [3.8, 4) is 5.75 Å². The fourth-order valence-electron chi connectivity index (χ4n) is 2.41. The van der Waals surface area contributed by atoms with Crippen LogP contribution in [0.25, 0.3) is 0 Å². The monoisotopic (exact) mass is 350 g/mol. The van der Waals surface area contributed by atoms with Crippen molar-refractivity contribution >= 4 is 40.7 Å². The van der Waals surface area contributed by atoms with Crippen LogP contribution in [-0.2, 0) is 4.79 Å². The van der Waals surface area contributed by atoms with Crippen LogP contribution in [-0.4, -0.2) is 36.5 Å². The Morgan fingerprint density at radius 3 is 2.67 bits per heavy atom. The van der Waals surface area contributed by atoms with Crippen LogP contribution in [0.2, 0.25) is 15.1 Å². The number of carbonyl (C=O) groups is 1. The molecule has 0 bridgehead atoms. The molecule has 0 radical (unpaired) electrons. The molecule has 1 aliphatic heterocycles. The van der Waals surface area contributed by atoms with Crippen LogP contribution in [0.1, 0.15) is 19.3 Å². The van der Waals surface area contributed by atoms with Gasteiger partial charge in [0, 0.05) is 25.2 Å². The summed E-state index contributed by atoms with van der Waals surface area (Å²) in [6.45, 7) is 1.10. The van der Waals surface area contributed by atoms with Gasteiger partial charge in [-0.2, -0.15) is 0 Å². The van der Waals surface area contributed by atoms with Gasteiger partial charge in [-0.25, -0.2) is 0 Å². The van der Waals surface area contributed by atoms with Crippen LogP contribution in [0.4, 0.5) is 0 Å². The van der Waals surface area contributed by atoms with Crippen LogP contribution >= 0.6 is 34.8 Å². The zero-order valence-corrected chi connectivity index (χ0v) is 13.7. The smallest absolute Gasteiger partial charge is 0.260 e. The highest BCUT2D eigenvalue weighted by Gasteiger charge is 2.25. The third-order valence-corrected chi connectivity index (χ3v) is 4.56. The fraction of sp³-hybridized carbons (Fsp3) is 0.500. The molecule has 1 unspecified atom stereocenters. The number of rotatable bonds is 4. The summed E-state index contributed by atoms with van der Waals surface area (Å²) < 4.78 is 5.47. The number of amides is 1. The minimum Gasteiger partial charge on any atom is -0.482 e. The second kappa shape index (κ2) is 7.54. The molecule has 116 valence electrons. The van der Waals surface area contributed by atoms with E-state index in [-0.39, 0.29) is 18.6 Å². The van der Waals surface area contributed by atoms with Gasteiger partial charge in [-0.3, -0.25) is 4.79 Å². The van der Waals surface area contributed by atoms with Crippen molar-refractivity contribution in [3.05, 3.63) is 27.2 Å². The van der Waals surface area contributed by atoms with E-state index in [0.29, 0.717) is 27.4 Å². The molecule has 0 saturated carbocycles. The number of carbonyl (C=O) groups excluding carboxylic acids is 1. The molecule has 1 aliphatic rings. The molecule has 7 heteroatoms. The zero-order valence-electron chi connectivity index (χ0n) is 11.4. The van der Waals surface area contributed by atoms with Gasteiger partial charge in [0.05, 0.1) is 15.1 Å². The predicted octanol–water partition coefficient (Wildman–Crippen LogP) is 3.37. The third kappa shape index (κ3) is 4.16. The number of ether oxygens (including phenoxy) is 1. The average molecular weight is 352 g/mol. The van der Waals surface area contributed by atoms with Crippen LogP contribution in [0.15, 0.2) is 12.1 Å². The summed E-state index contributed by atoms with van der Waals surface area (Å²) in [6.07, 6.45) is 3.04. The lowest BCUT2D eigenvalue weighted by Gasteiger charge is -2.35. The molecule has 1 atom stereocenters. The predicted molar refractivity (Wildman–Crippen MR) is 85.4 cm³/mol. The molecule has 1 saturated heterocycles. The SMILES string of the molecule is NCC1CCCCN1C(=O)COc1cc(Cl)c(Cl)cc1Cl. The summed E-state index contributed by atoms with van der Waals surface area (Å²) in [4.78, 5) is 14.0. The van der Waals surface area contributed by atoms with Crippen molar-refractivity contribution in [2.24, 2.45) is 5.73 Å². The van der Waals surface area contributed by atoms with Crippen molar-refractivity contribution in [3.63, 3.8) is 0 Å². The number of likely N-dealkylation sites (tertiary alicyclic amines) is 1. The normalized spacial score (nSPS) is 18.7. The minimum absolute atomic E-state index is 0.0891. The molecule has 0 aliphatic carbocycles. The molecular formula is C14H17Cl3N2O2. The van der Waals surface area contributed by atoms with Gasteiger partial charge in [0.2, 0.25) is 0 Å². The molecule has 4 nitrogen and oxygen atoms in total. The Bertz CT molecular complexity index is 525. The average Bonchev–Trinajstić information content (AvgIpc) is 2.49. The van der Waals surface area contributed by atoms with Crippen molar-refractivity contribution in [2.45, 2.75) is 25.3 Å². The lowest BCUT2D eigenvalue weighted by atomic mass is 10.0. The van der Waals surface area contributed by atoms with E-state index in [9.17, 15) is 4.79 Å². The number of halogens is 3. The van der Waals surface area contributed by atoms with E-state index in [1.54, 1.807) is 4.90 Å². The quantitative estimate of drug-likeness (QED) is 0.846. The molecule has 2 rings (SSSR count). The number of hydrogen-bond acceptors (Lipinski definition) is 3. The first-order valence-electron chi connectivity index (χ1n) is 6.79. The largest absolute Gasteiger partial charge is 0.482 e. The second-order valence-corrected chi connectivity index (χ2v) is 6.18. The van der Waals surface area contributed by atoms with Crippen LogP contribution in [0.3, 0.4) is 0 Å². The lowest BCUT2D eigenvalue weighted by Crippen LogP contribution is -2.49. The van der Waals surface area contributed by atoms with Gasteiger partial charge in [0.25, 0.3) is 5.91 Å². The Balaban J connectivity index is 1.99. The molecule has 1 amide bonds. The summed E-state index contributed by atoms with van der Waals surface area (Å²) in [6, 6.07) is 3.10. The molecule has 1 fully saturated rings. The van der Waals surface area contributed by atoms with Gasteiger partial charge >= 0.3 is 0 Å². The Hall–Kier alpha value is -0.680.